The Labute approximate surface area is 122 Å². The Bertz CT molecular complexity index is 223. The van der Waals surface area contributed by atoms with Gasteiger partial charge in [0, 0.05) is 0 Å². The summed E-state index contributed by atoms with van der Waals surface area (Å²) in [5, 5.41) is 2.52. The van der Waals surface area contributed by atoms with Gasteiger partial charge in [0.25, 0.3) is 5.17 Å². The summed E-state index contributed by atoms with van der Waals surface area (Å²) in [5.41, 5.74) is 0. The predicted octanol–water partition coefficient (Wildman–Crippen LogP) is 4.17. The van der Waals surface area contributed by atoms with Crippen molar-refractivity contribution >= 4 is 23.5 Å². The molecule has 0 atom stereocenters. The first kappa shape index (κ1) is 18.2. The second-order valence-electron chi connectivity index (χ2n) is 4.52. The third-order valence-electron chi connectivity index (χ3n) is 2.67. The largest absolute Gasteiger partial charge is 0.471 e. The van der Waals surface area contributed by atoms with Crippen molar-refractivity contribution in [2.75, 3.05) is 13.2 Å². The van der Waals surface area contributed by atoms with Gasteiger partial charge in [0.1, 0.15) is 0 Å². The van der Waals surface area contributed by atoms with Crippen molar-refractivity contribution in [1.82, 2.24) is 5.32 Å². The first-order chi connectivity index (χ1) is 9.20. The molecule has 0 spiro atoms. The molecule has 1 N–H and O–H groups in total. The summed E-state index contributed by atoms with van der Waals surface area (Å²) in [5.74, 6) is 0. The number of carbonyl (C=O) groups is 1. The zero-order valence-electron chi connectivity index (χ0n) is 12.2. The summed E-state index contributed by atoms with van der Waals surface area (Å²) >= 11 is 4.89. The van der Waals surface area contributed by atoms with Gasteiger partial charge in [-0.2, -0.15) is 0 Å². The van der Waals surface area contributed by atoms with Crippen LogP contribution < -0.4 is 5.32 Å². The highest BCUT2D eigenvalue weighted by molar-refractivity contribution is 7.80. The lowest BCUT2D eigenvalue weighted by molar-refractivity contribution is 0.146. The Morgan fingerprint density at radius 1 is 0.895 bits per heavy atom. The van der Waals surface area contributed by atoms with Crippen LogP contribution in [0.3, 0.4) is 0 Å². The van der Waals surface area contributed by atoms with Gasteiger partial charge >= 0.3 is 6.09 Å². The number of hydrogen-bond acceptors (Lipinski definition) is 4. The van der Waals surface area contributed by atoms with Crippen LogP contribution in [-0.4, -0.2) is 24.5 Å². The molecule has 0 aliphatic heterocycles. The number of thiocarbonyl (C=S) groups is 1. The third kappa shape index (κ3) is 13.4. The Morgan fingerprint density at radius 2 is 1.42 bits per heavy atom. The molecule has 0 radical (unpaired) electrons. The molecule has 0 aromatic carbocycles. The monoisotopic (exact) mass is 289 g/mol. The lowest BCUT2D eigenvalue weighted by Gasteiger charge is -2.09. The number of ether oxygens (including phenoxy) is 2. The molecule has 0 aromatic heterocycles. The van der Waals surface area contributed by atoms with Gasteiger partial charge < -0.3 is 9.47 Å². The van der Waals surface area contributed by atoms with Crippen molar-refractivity contribution in [3.8, 4) is 0 Å². The SMILES string of the molecule is CCCCCCOC(=O)NC(=S)OCCCCCC. The molecule has 0 saturated carbocycles. The lowest BCUT2D eigenvalue weighted by atomic mass is 10.2. The molecule has 0 fully saturated rings. The maximum absolute atomic E-state index is 11.3. The average molecular weight is 289 g/mol. The Balaban J connectivity index is 3.40. The van der Waals surface area contributed by atoms with Crippen LogP contribution >= 0.6 is 12.2 Å². The number of unbranched alkanes of at least 4 members (excludes halogenated alkanes) is 6. The predicted molar refractivity (Wildman–Crippen MR) is 81.3 cm³/mol. The zero-order valence-corrected chi connectivity index (χ0v) is 13.0. The summed E-state index contributed by atoms with van der Waals surface area (Å²) in [4.78, 5) is 11.3. The van der Waals surface area contributed by atoms with Gasteiger partial charge in [0.2, 0.25) is 0 Å². The molecule has 112 valence electrons. The van der Waals surface area contributed by atoms with Crippen LogP contribution in [0.2, 0.25) is 0 Å². The highest BCUT2D eigenvalue weighted by Gasteiger charge is 2.05. The first-order valence-corrected chi connectivity index (χ1v) is 7.72. The van der Waals surface area contributed by atoms with Crippen LogP contribution in [0.1, 0.15) is 65.2 Å². The zero-order chi connectivity index (χ0) is 14.3. The second kappa shape index (κ2) is 13.6. The Morgan fingerprint density at radius 3 is 1.95 bits per heavy atom. The molecule has 0 aliphatic carbocycles. The fourth-order valence-electron chi connectivity index (χ4n) is 1.54. The molecule has 0 rings (SSSR count). The minimum absolute atomic E-state index is 0.107. The van der Waals surface area contributed by atoms with E-state index in [0.29, 0.717) is 13.2 Å². The molecular weight excluding hydrogens is 262 g/mol. The van der Waals surface area contributed by atoms with Crippen molar-refractivity contribution in [3.05, 3.63) is 0 Å². The van der Waals surface area contributed by atoms with E-state index < -0.39 is 6.09 Å². The quantitative estimate of drug-likeness (QED) is 0.484. The maximum Gasteiger partial charge on any atom is 0.414 e. The summed E-state index contributed by atoms with van der Waals surface area (Å²) in [7, 11) is 0. The molecule has 0 heterocycles. The van der Waals surface area contributed by atoms with E-state index in [-0.39, 0.29) is 5.17 Å². The van der Waals surface area contributed by atoms with Crippen molar-refractivity contribution < 1.29 is 14.3 Å². The van der Waals surface area contributed by atoms with E-state index in [4.69, 9.17) is 21.7 Å². The van der Waals surface area contributed by atoms with Crippen molar-refractivity contribution in [1.29, 1.82) is 0 Å². The second-order valence-corrected chi connectivity index (χ2v) is 4.89. The minimum Gasteiger partial charge on any atom is -0.471 e. The number of amides is 1. The summed E-state index contributed by atoms with van der Waals surface area (Å²) in [6.45, 7) is 5.29. The summed E-state index contributed by atoms with van der Waals surface area (Å²) < 4.78 is 10.2. The molecule has 0 unspecified atom stereocenters. The van der Waals surface area contributed by atoms with Crippen LogP contribution in [0.4, 0.5) is 4.79 Å². The molecule has 4 nitrogen and oxygen atoms in total. The lowest BCUT2D eigenvalue weighted by Crippen LogP contribution is -2.31. The van der Waals surface area contributed by atoms with Gasteiger partial charge in [-0.3, -0.25) is 5.32 Å². The van der Waals surface area contributed by atoms with E-state index >= 15 is 0 Å². The number of carbonyl (C=O) groups excluding carboxylic acids is 1. The Hall–Kier alpha value is -0.840. The number of rotatable bonds is 10. The van der Waals surface area contributed by atoms with Gasteiger partial charge in [-0.1, -0.05) is 52.4 Å². The van der Waals surface area contributed by atoms with Crippen molar-refractivity contribution in [2.24, 2.45) is 0 Å². The van der Waals surface area contributed by atoms with Gasteiger partial charge in [-0.25, -0.2) is 4.79 Å². The van der Waals surface area contributed by atoms with E-state index in [9.17, 15) is 4.79 Å². The molecular formula is C14H27NO3S. The molecule has 5 heteroatoms. The van der Waals surface area contributed by atoms with Gasteiger partial charge in [0.15, 0.2) is 0 Å². The van der Waals surface area contributed by atoms with E-state index in [1.807, 2.05) is 0 Å². The third-order valence-corrected chi connectivity index (χ3v) is 2.89. The van der Waals surface area contributed by atoms with Gasteiger partial charge in [-0.15, -0.1) is 0 Å². The van der Waals surface area contributed by atoms with Crippen LogP contribution in [0, 0.1) is 0 Å². The van der Waals surface area contributed by atoms with Gasteiger partial charge in [-0.05, 0) is 25.1 Å². The molecule has 19 heavy (non-hydrogen) atoms. The van der Waals surface area contributed by atoms with E-state index in [1.165, 1.54) is 25.7 Å². The number of hydrogen-bond donors (Lipinski definition) is 1. The van der Waals surface area contributed by atoms with Crippen LogP contribution in [0.5, 0.6) is 0 Å². The minimum atomic E-state index is -0.518. The topological polar surface area (TPSA) is 47.6 Å². The number of nitrogens with one attached hydrogen (secondary N) is 1. The molecule has 0 aliphatic rings. The molecule has 0 aromatic rings. The normalized spacial score (nSPS) is 10.0. The van der Waals surface area contributed by atoms with Crippen LogP contribution in [0.25, 0.3) is 0 Å². The average Bonchev–Trinajstić information content (AvgIpc) is 2.38. The molecule has 0 saturated heterocycles. The molecule has 1 amide bonds. The first-order valence-electron chi connectivity index (χ1n) is 7.31. The van der Waals surface area contributed by atoms with Crippen molar-refractivity contribution in [2.45, 2.75) is 65.2 Å². The van der Waals surface area contributed by atoms with Crippen LogP contribution in [-0.2, 0) is 9.47 Å². The smallest absolute Gasteiger partial charge is 0.414 e. The van der Waals surface area contributed by atoms with E-state index in [0.717, 1.165) is 25.7 Å². The fourth-order valence-corrected chi connectivity index (χ4v) is 1.71. The van der Waals surface area contributed by atoms with E-state index in [1.54, 1.807) is 0 Å². The highest BCUT2D eigenvalue weighted by Crippen LogP contribution is 2.00. The summed E-state index contributed by atoms with van der Waals surface area (Å²) in [6.07, 6.45) is 8.27. The van der Waals surface area contributed by atoms with Crippen molar-refractivity contribution in [3.63, 3.8) is 0 Å². The fraction of sp³-hybridized carbons (Fsp3) is 0.857. The number of alkyl carbamates (subject to hydrolysis) is 1. The van der Waals surface area contributed by atoms with Gasteiger partial charge in [0.05, 0.1) is 13.2 Å². The molecule has 0 bridgehead atoms. The van der Waals surface area contributed by atoms with E-state index in [2.05, 4.69) is 19.2 Å². The summed E-state index contributed by atoms with van der Waals surface area (Å²) in [6, 6.07) is 0. The van der Waals surface area contributed by atoms with Crippen LogP contribution in [0.15, 0.2) is 0 Å². The standard InChI is InChI=1S/C14H27NO3S/c1-3-5-7-9-11-17-13(16)15-14(19)18-12-10-8-6-4-2/h3-12H2,1-2H3,(H,15,16,19). The maximum atomic E-state index is 11.3. The Kier molecular flexibility index (Phi) is 13.0. The highest BCUT2D eigenvalue weighted by atomic mass is 32.1.